The van der Waals surface area contributed by atoms with Crippen LogP contribution in [-0.4, -0.2) is 0 Å². The molecular weight excluding hydrogens is 695 g/mol. The van der Waals surface area contributed by atoms with Crippen LogP contribution in [0.5, 0.6) is 0 Å². The topological polar surface area (TPSA) is 0 Å². The van der Waals surface area contributed by atoms with Crippen molar-refractivity contribution in [3.05, 3.63) is 146 Å². The van der Waals surface area contributed by atoms with Crippen LogP contribution >= 0.6 is 0 Å². The molecule has 0 saturated carbocycles. The first-order valence-electron chi connectivity index (χ1n) is 14.9. The minimum atomic E-state index is -0.132. The molecule has 0 nitrogen and oxygen atoms in total. The van der Waals surface area contributed by atoms with Crippen molar-refractivity contribution in [3.8, 4) is 22.3 Å². The van der Waals surface area contributed by atoms with E-state index in [0.29, 0.717) is 0 Å². The molecule has 0 aromatic heterocycles. The van der Waals surface area contributed by atoms with Crippen molar-refractivity contribution in [2.75, 3.05) is 0 Å². The van der Waals surface area contributed by atoms with Crippen molar-refractivity contribution < 1.29 is 25.8 Å². The molecule has 0 heterocycles. The normalized spacial score (nSPS) is 12.0. The van der Waals surface area contributed by atoms with Crippen molar-refractivity contribution >= 4 is 21.5 Å². The summed E-state index contributed by atoms with van der Waals surface area (Å²) in [5, 5.41) is 5.28. The molecule has 0 N–H and O–H groups in total. The quantitative estimate of drug-likeness (QED) is 0.125. The predicted octanol–water partition coefficient (Wildman–Crippen LogP) is 12.6. The Balaban J connectivity index is 0.00000176. The minimum Gasteiger partial charge on any atom is -0.358 e. The fourth-order valence-electron chi connectivity index (χ4n) is 6.17. The monoisotopic (exact) mass is 744 g/mol. The van der Waals surface area contributed by atoms with Gasteiger partial charge in [-0.2, -0.15) is 12.1 Å². The number of hydrogen-bond donors (Lipinski definition) is 0. The van der Waals surface area contributed by atoms with E-state index in [1.165, 1.54) is 66.1 Å². The van der Waals surface area contributed by atoms with Gasteiger partial charge in [-0.15, -0.1) is 69.1 Å². The molecule has 0 radical (unpaired) electrons. The first-order valence-corrected chi connectivity index (χ1v) is 14.9. The van der Waals surface area contributed by atoms with Gasteiger partial charge >= 0.3 is 25.8 Å². The molecular formula is C43H48Hf. The van der Waals surface area contributed by atoms with Gasteiger partial charge in [0, 0.05) is 0 Å². The largest absolute Gasteiger partial charge is 4.00 e. The molecule has 6 rings (SSSR count). The van der Waals surface area contributed by atoms with E-state index in [1.54, 1.807) is 0 Å². The van der Waals surface area contributed by atoms with Crippen molar-refractivity contribution in [1.29, 1.82) is 0 Å². The van der Waals surface area contributed by atoms with Gasteiger partial charge in [0.05, 0.1) is 0 Å². The van der Waals surface area contributed by atoms with E-state index in [9.17, 15) is 0 Å². The zero-order chi connectivity index (χ0) is 29.2. The second kappa shape index (κ2) is 12.8. The van der Waals surface area contributed by atoms with Crippen LogP contribution in [0.15, 0.2) is 109 Å². The van der Waals surface area contributed by atoms with Crippen LogP contribution in [0.2, 0.25) is 0 Å². The minimum absolute atomic E-state index is 0. The Morgan fingerprint density at radius 3 is 1.18 bits per heavy atom. The van der Waals surface area contributed by atoms with Crippen LogP contribution in [0, 0.1) is 14.9 Å². The summed E-state index contributed by atoms with van der Waals surface area (Å²) in [6.07, 6.45) is 0. The average molecular weight is 743 g/mol. The molecule has 6 aromatic carbocycles. The van der Waals surface area contributed by atoms with E-state index in [4.69, 9.17) is 0 Å². The van der Waals surface area contributed by atoms with Gasteiger partial charge in [-0.05, 0) is 38.5 Å². The van der Waals surface area contributed by atoms with E-state index in [2.05, 4.69) is 165 Å². The van der Waals surface area contributed by atoms with Gasteiger partial charge < -0.3 is 14.9 Å². The molecule has 0 fully saturated rings. The van der Waals surface area contributed by atoms with E-state index in [0.717, 1.165) is 0 Å². The van der Waals surface area contributed by atoms with Gasteiger partial charge in [0.2, 0.25) is 0 Å². The summed E-state index contributed by atoms with van der Waals surface area (Å²) >= 11 is 0. The third-order valence-electron chi connectivity index (χ3n) is 9.02. The zero-order valence-corrected chi connectivity index (χ0v) is 32.0. The number of benzene rings is 4. The molecule has 0 amide bonds. The molecule has 0 spiro atoms. The smallest absolute Gasteiger partial charge is 0.358 e. The standard InChI is InChI=1S/C41H42.2CH3.Hf/c1-39(2,3)31-17-9-13-27(21-31)35-19-11-15-29-23-33(25-37(29)35)41(7,8)34-24-30-16-12-20-36(38(30)26-34)28-14-10-18-32(22-28)40(4,5)6;;;/h9-26H,1-8H3;2*1H3;/q-2;2*-1;+4. The van der Waals surface area contributed by atoms with E-state index in [1.807, 2.05) is 0 Å². The Bertz CT molecular complexity index is 1740. The molecule has 224 valence electrons. The Morgan fingerprint density at radius 1 is 0.455 bits per heavy atom. The summed E-state index contributed by atoms with van der Waals surface area (Å²) < 4.78 is 0. The molecule has 0 unspecified atom stereocenters. The molecule has 0 aliphatic rings. The van der Waals surface area contributed by atoms with Gasteiger partial charge in [0.15, 0.2) is 0 Å². The van der Waals surface area contributed by atoms with Crippen LogP contribution in [0.4, 0.5) is 0 Å². The average Bonchev–Trinajstić information content (AvgIpc) is 3.58. The van der Waals surface area contributed by atoms with Crippen LogP contribution in [-0.2, 0) is 42.1 Å². The van der Waals surface area contributed by atoms with Gasteiger partial charge in [-0.3, -0.25) is 0 Å². The molecule has 44 heavy (non-hydrogen) atoms. The summed E-state index contributed by atoms with van der Waals surface area (Å²) in [7, 11) is 0. The number of hydrogen-bond acceptors (Lipinski definition) is 0. The molecule has 0 saturated heterocycles. The second-order valence-corrected chi connectivity index (χ2v) is 14.4. The van der Waals surface area contributed by atoms with E-state index in [-0.39, 0.29) is 56.9 Å². The van der Waals surface area contributed by atoms with Crippen molar-refractivity contribution in [2.24, 2.45) is 0 Å². The number of rotatable bonds is 4. The third kappa shape index (κ3) is 6.50. The van der Waals surface area contributed by atoms with Crippen LogP contribution < -0.4 is 0 Å². The van der Waals surface area contributed by atoms with Crippen molar-refractivity contribution in [2.45, 2.75) is 71.6 Å². The summed E-state index contributed by atoms with van der Waals surface area (Å²) in [6.45, 7) is 18.4. The maximum absolute atomic E-state index is 2.43. The molecule has 0 aliphatic heterocycles. The predicted molar refractivity (Wildman–Crippen MR) is 192 cm³/mol. The third-order valence-corrected chi connectivity index (χ3v) is 9.02. The fourth-order valence-corrected chi connectivity index (χ4v) is 6.17. The summed E-state index contributed by atoms with van der Waals surface area (Å²) in [6, 6.07) is 41.3. The van der Waals surface area contributed by atoms with Gasteiger partial charge in [-0.25, -0.2) is 0 Å². The van der Waals surface area contributed by atoms with E-state index >= 15 is 0 Å². The first-order chi connectivity index (χ1) is 19.3. The van der Waals surface area contributed by atoms with Gasteiger partial charge in [-0.1, -0.05) is 127 Å². The van der Waals surface area contributed by atoms with E-state index < -0.39 is 0 Å². The van der Waals surface area contributed by atoms with Crippen LogP contribution in [0.25, 0.3) is 43.8 Å². The summed E-state index contributed by atoms with van der Waals surface area (Å²) in [4.78, 5) is 0. The van der Waals surface area contributed by atoms with Crippen molar-refractivity contribution in [1.82, 2.24) is 0 Å². The molecule has 0 aliphatic carbocycles. The van der Waals surface area contributed by atoms with Gasteiger partial charge in [0.25, 0.3) is 0 Å². The Hall–Kier alpha value is -3.03. The Morgan fingerprint density at radius 2 is 0.818 bits per heavy atom. The summed E-state index contributed by atoms with van der Waals surface area (Å²) in [5.41, 5.74) is 10.8. The van der Waals surface area contributed by atoms with Crippen LogP contribution in [0.3, 0.4) is 0 Å². The maximum Gasteiger partial charge on any atom is 4.00 e. The second-order valence-electron chi connectivity index (χ2n) is 14.4. The zero-order valence-electron chi connectivity index (χ0n) is 28.4. The number of fused-ring (bicyclic) bond motifs is 2. The first kappa shape index (κ1) is 35.4. The Labute approximate surface area is 286 Å². The SMILES string of the molecule is CC(C)(C)c1cccc(-c2cccc3[cH-]c(C(C)(C)c4cc5c(-c6cccc(C(C)(C)C)c6)cccc5[cH-]4)cc23)c1.[CH3-].[CH3-].[Hf+4]. The van der Waals surface area contributed by atoms with Gasteiger partial charge in [0.1, 0.15) is 0 Å². The Kier molecular flexibility index (Phi) is 10.3. The molecule has 1 heteroatoms. The molecule has 6 aromatic rings. The molecule has 0 atom stereocenters. The molecule has 0 bridgehead atoms. The van der Waals surface area contributed by atoms with Crippen LogP contribution in [0.1, 0.15) is 77.6 Å². The van der Waals surface area contributed by atoms with Crippen molar-refractivity contribution in [3.63, 3.8) is 0 Å². The summed E-state index contributed by atoms with van der Waals surface area (Å²) in [5.74, 6) is 0. The fraction of sp³-hybridized carbons (Fsp3) is 0.256. The maximum atomic E-state index is 2.43.